The lowest BCUT2D eigenvalue weighted by Crippen LogP contribution is -2.42. The lowest BCUT2D eigenvalue weighted by Gasteiger charge is -2.23. The van der Waals surface area contributed by atoms with Crippen molar-refractivity contribution in [2.24, 2.45) is 0 Å². The number of hydrogen-bond donors (Lipinski definition) is 1. The van der Waals surface area contributed by atoms with Crippen molar-refractivity contribution in [1.29, 1.82) is 0 Å². The highest BCUT2D eigenvalue weighted by atomic mass is 32.1. The van der Waals surface area contributed by atoms with Gasteiger partial charge in [-0.25, -0.2) is 0 Å². The first-order chi connectivity index (χ1) is 9.17. The standard InChI is InChI=1S/C7H14Si.C6H16O3SSi/c1-2-8-6-4-3-5-7-8;1-7-11(8-2,9-3)6-4-5-10/h2,8H,1,3-7H2;10H,4-6H2,1-3H3. The van der Waals surface area contributed by atoms with Gasteiger partial charge in [0, 0.05) is 27.4 Å². The third-order valence-corrected chi connectivity index (χ3v) is 9.67. The van der Waals surface area contributed by atoms with Crippen LogP contribution >= 0.6 is 12.6 Å². The lowest BCUT2D eigenvalue weighted by molar-refractivity contribution is 0.123. The third kappa shape index (κ3) is 8.32. The van der Waals surface area contributed by atoms with E-state index in [0.717, 1.165) is 18.2 Å². The molecule has 0 spiro atoms. The number of thiol groups is 1. The second-order valence-electron chi connectivity index (χ2n) is 4.76. The Morgan fingerprint density at radius 3 is 1.95 bits per heavy atom. The zero-order valence-electron chi connectivity index (χ0n) is 12.7. The molecule has 0 aliphatic carbocycles. The van der Waals surface area contributed by atoms with Crippen molar-refractivity contribution in [3.8, 4) is 0 Å². The molecular formula is C13H30O3SSi2. The first-order valence-corrected chi connectivity index (χ1v) is 11.9. The van der Waals surface area contributed by atoms with Gasteiger partial charge in [-0.05, 0) is 12.2 Å². The van der Waals surface area contributed by atoms with Crippen LogP contribution in [0.3, 0.4) is 0 Å². The Hall–Kier alpha value is 0.404. The summed E-state index contributed by atoms with van der Waals surface area (Å²) < 4.78 is 15.6. The summed E-state index contributed by atoms with van der Waals surface area (Å²) in [6.45, 7) is 3.85. The van der Waals surface area contributed by atoms with Crippen molar-refractivity contribution in [3.63, 3.8) is 0 Å². The van der Waals surface area contributed by atoms with Gasteiger partial charge in [-0.2, -0.15) is 12.6 Å². The van der Waals surface area contributed by atoms with Gasteiger partial charge >= 0.3 is 8.80 Å². The average molecular weight is 323 g/mol. The summed E-state index contributed by atoms with van der Waals surface area (Å²) in [5.74, 6) is 0.838. The fraction of sp³-hybridized carbons (Fsp3) is 0.846. The minimum Gasteiger partial charge on any atom is -0.377 e. The predicted octanol–water partition coefficient (Wildman–Crippen LogP) is 3.31. The molecule has 0 aromatic heterocycles. The maximum atomic E-state index is 5.20. The molecule has 0 unspecified atom stereocenters. The highest BCUT2D eigenvalue weighted by molar-refractivity contribution is 7.80. The fourth-order valence-electron chi connectivity index (χ4n) is 2.22. The van der Waals surface area contributed by atoms with Crippen LogP contribution in [0.5, 0.6) is 0 Å². The van der Waals surface area contributed by atoms with E-state index in [1.54, 1.807) is 21.3 Å². The second-order valence-corrected chi connectivity index (χ2v) is 11.4. The molecule has 3 nitrogen and oxygen atoms in total. The molecule has 1 heterocycles. The van der Waals surface area contributed by atoms with E-state index in [2.05, 4.69) is 24.9 Å². The smallest absolute Gasteiger partial charge is 0.377 e. The van der Waals surface area contributed by atoms with E-state index in [4.69, 9.17) is 13.3 Å². The minimum atomic E-state index is -2.29. The summed E-state index contributed by atoms with van der Waals surface area (Å²) in [5.41, 5.74) is 2.25. The van der Waals surface area contributed by atoms with Crippen LogP contribution in [0, 0.1) is 0 Å². The molecule has 6 heteroatoms. The first kappa shape index (κ1) is 19.4. The highest BCUT2D eigenvalue weighted by Crippen LogP contribution is 2.18. The van der Waals surface area contributed by atoms with Crippen LogP contribution in [0.1, 0.15) is 25.7 Å². The van der Waals surface area contributed by atoms with Gasteiger partial charge in [0.25, 0.3) is 0 Å². The van der Waals surface area contributed by atoms with Gasteiger partial charge in [-0.3, -0.25) is 0 Å². The molecule has 1 rings (SSSR count). The van der Waals surface area contributed by atoms with E-state index in [1.807, 2.05) is 0 Å². The molecule has 0 radical (unpaired) electrons. The predicted molar refractivity (Wildman–Crippen MR) is 90.9 cm³/mol. The van der Waals surface area contributed by atoms with Crippen LogP contribution in [0.25, 0.3) is 0 Å². The quantitative estimate of drug-likeness (QED) is 0.576. The van der Waals surface area contributed by atoms with E-state index in [9.17, 15) is 0 Å². The molecule has 0 saturated carbocycles. The van der Waals surface area contributed by atoms with Gasteiger partial charge in [-0.15, -0.1) is 12.3 Å². The van der Waals surface area contributed by atoms with Crippen molar-refractivity contribution in [2.75, 3.05) is 27.1 Å². The summed E-state index contributed by atoms with van der Waals surface area (Å²) in [4.78, 5) is 0. The van der Waals surface area contributed by atoms with Crippen LogP contribution in [0.2, 0.25) is 18.1 Å². The van der Waals surface area contributed by atoms with Crippen molar-refractivity contribution in [1.82, 2.24) is 0 Å². The Balaban J connectivity index is 0.000000356. The second kappa shape index (κ2) is 12.2. The van der Waals surface area contributed by atoms with Crippen molar-refractivity contribution >= 4 is 30.2 Å². The van der Waals surface area contributed by atoms with Gasteiger partial charge in [0.2, 0.25) is 0 Å². The Bertz CT molecular complexity index is 212. The molecule has 114 valence electrons. The van der Waals surface area contributed by atoms with E-state index < -0.39 is 8.80 Å². The van der Waals surface area contributed by atoms with Crippen LogP contribution in [0.15, 0.2) is 12.3 Å². The molecule has 1 aliphatic heterocycles. The monoisotopic (exact) mass is 322 g/mol. The molecule has 1 aliphatic rings. The summed E-state index contributed by atoms with van der Waals surface area (Å²) in [6.07, 6.45) is 5.42. The van der Waals surface area contributed by atoms with E-state index in [0.29, 0.717) is 0 Å². The highest BCUT2D eigenvalue weighted by Gasteiger charge is 2.36. The lowest BCUT2D eigenvalue weighted by atomic mass is 10.3. The molecule has 0 bridgehead atoms. The van der Waals surface area contributed by atoms with Gasteiger partial charge in [0.05, 0.1) is 8.80 Å². The van der Waals surface area contributed by atoms with Crippen LogP contribution in [-0.4, -0.2) is 44.7 Å². The van der Waals surface area contributed by atoms with Gasteiger partial charge in [-0.1, -0.05) is 31.4 Å². The van der Waals surface area contributed by atoms with Gasteiger partial charge in [0.15, 0.2) is 0 Å². The Kier molecular flexibility index (Phi) is 12.4. The molecule has 0 N–H and O–H groups in total. The summed E-state index contributed by atoms with van der Waals surface area (Å²) in [6, 6.07) is 3.90. The fourth-order valence-corrected chi connectivity index (χ4v) is 6.79. The van der Waals surface area contributed by atoms with Gasteiger partial charge < -0.3 is 13.3 Å². The van der Waals surface area contributed by atoms with Gasteiger partial charge in [0.1, 0.15) is 0 Å². The number of rotatable bonds is 7. The Morgan fingerprint density at radius 2 is 1.63 bits per heavy atom. The third-order valence-electron chi connectivity index (χ3n) is 3.56. The molecule has 0 atom stereocenters. The summed E-state index contributed by atoms with van der Waals surface area (Å²) >= 11 is 4.10. The van der Waals surface area contributed by atoms with E-state index >= 15 is 0 Å². The Labute approximate surface area is 127 Å². The van der Waals surface area contributed by atoms with Crippen molar-refractivity contribution < 1.29 is 13.3 Å². The molecule has 0 aromatic carbocycles. The first-order valence-electron chi connectivity index (χ1n) is 7.06. The van der Waals surface area contributed by atoms with Crippen LogP contribution in [-0.2, 0) is 13.3 Å². The SMILES string of the molecule is C=C[SiH]1CCCCC1.CO[Si](CCCS)(OC)OC. The maximum Gasteiger partial charge on any atom is 0.500 e. The van der Waals surface area contributed by atoms with Crippen LogP contribution in [0.4, 0.5) is 0 Å². The van der Waals surface area contributed by atoms with E-state index in [1.165, 1.54) is 31.4 Å². The molecular weight excluding hydrogens is 292 g/mol. The molecule has 0 aromatic rings. The molecule has 1 saturated heterocycles. The van der Waals surface area contributed by atoms with Crippen LogP contribution < -0.4 is 0 Å². The zero-order valence-corrected chi connectivity index (χ0v) is 15.7. The maximum absolute atomic E-state index is 5.20. The molecule has 0 amide bonds. The normalized spacial score (nSPS) is 16.6. The Morgan fingerprint density at radius 1 is 1.11 bits per heavy atom. The topological polar surface area (TPSA) is 27.7 Å². The largest absolute Gasteiger partial charge is 0.500 e. The summed E-state index contributed by atoms with van der Waals surface area (Å²) in [5, 5.41) is 0. The minimum absolute atomic E-state index is 0.341. The van der Waals surface area contributed by atoms with Crippen molar-refractivity contribution in [2.45, 2.75) is 43.8 Å². The summed E-state index contributed by atoms with van der Waals surface area (Å²) in [7, 11) is 2.24. The average Bonchev–Trinajstić information content (AvgIpc) is 2.51. The van der Waals surface area contributed by atoms with E-state index in [-0.39, 0.29) is 8.80 Å². The number of hydrogen-bond acceptors (Lipinski definition) is 4. The molecule has 19 heavy (non-hydrogen) atoms. The molecule has 1 fully saturated rings. The van der Waals surface area contributed by atoms with Crippen molar-refractivity contribution in [3.05, 3.63) is 12.3 Å². The zero-order chi connectivity index (χ0) is 14.6.